The third kappa shape index (κ3) is 2.16. The van der Waals surface area contributed by atoms with Gasteiger partial charge in [0.2, 0.25) is 0 Å². The Bertz CT molecular complexity index is 450. The van der Waals surface area contributed by atoms with E-state index in [1.165, 1.54) is 0 Å². The maximum Gasteiger partial charge on any atom is 0.257 e. The highest BCUT2D eigenvalue weighted by Gasteiger charge is 2.11. The Hall–Kier alpha value is -1.39. The van der Waals surface area contributed by atoms with E-state index >= 15 is 0 Å². The van der Waals surface area contributed by atoms with Gasteiger partial charge in [-0.1, -0.05) is 16.8 Å². The Morgan fingerprint density at radius 2 is 2.00 bits per heavy atom. The Kier molecular flexibility index (Phi) is 2.70. The molecule has 0 radical (unpaired) electrons. The van der Waals surface area contributed by atoms with Crippen LogP contribution in [-0.4, -0.2) is 10.1 Å². The van der Waals surface area contributed by atoms with Crippen LogP contribution in [0, 0.1) is 0 Å². The van der Waals surface area contributed by atoms with E-state index in [-0.39, 0.29) is 6.04 Å². The van der Waals surface area contributed by atoms with Gasteiger partial charge >= 0.3 is 0 Å². The molecule has 4 nitrogen and oxygen atoms in total. The summed E-state index contributed by atoms with van der Waals surface area (Å²) in [7, 11) is 0. The maximum atomic E-state index is 5.77. The largest absolute Gasteiger partial charge is 0.334 e. The molecule has 1 heterocycles. The molecule has 0 fully saturated rings. The fourth-order valence-corrected chi connectivity index (χ4v) is 1.26. The molecule has 1 aromatic carbocycles. The number of halogens is 1. The van der Waals surface area contributed by atoms with E-state index < -0.39 is 0 Å². The minimum atomic E-state index is -0.227. The van der Waals surface area contributed by atoms with Crippen molar-refractivity contribution in [1.82, 2.24) is 10.1 Å². The zero-order chi connectivity index (χ0) is 10.8. The molecule has 1 aromatic heterocycles. The highest BCUT2D eigenvalue weighted by molar-refractivity contribution is 6.30. The molecule has 0 aliphatic carbocycles. The van der Waals surface area contributed by atoms with Crippen molar-refractivity contribution >= 4 is 11.6 Å². The van der Waals surface area contributed by atoms with Crippen molar-refractivity contribution in [3.8, 4) is 11.5 Å². The van der Waals surface area contributed by atoms with Crippen LogP contribution in [0.15, 0.2) is 28.8 Å². The zero-order valence-corrected chi connectivity index (χ0v) is 8.90. The number of aromatic nitrogens is 2. The van der Waals surface area contributed by atoms with E-state index in [4.69, 9.17) is 21.9 Å². The van der Waals surface area contributed by atoms with Crippen molar-refractivity contribution in [3.05, 3.63) is 35.1 Å². The van der Waals surface area contributed by atoms with Gasteiger partial charge in [-0.15, -0.1) is 0 Å². The van der Waals surface area contributed by atoms with Gasteiger partial charge in [-0.05, 0) is 31.2 Å². The maximum absolute atomic E-state index is 5.77. The lowest BCUT2D eigenvalue weighted by Crippen LogP contribution is -2.06. The minimum absolute atomic E-state index is 0.227. The second-order valence-electron chi connectivity index (χ2n) is 3.25. The van der Waals surface area contributed by atoms with Gasteiger partial charge in [0.15, 0.2) is 5.82 Å². The van der Waals surface area contributed by atoms with E-state index in [1.54, 1.807) is 19.1 Å². The van der Waals surface area contributed by atoms with Crippen LogP contribution in [0.1, 0.15) is 18.8 Å². The Labute approximate surface area is 92.0 Å². The second-order valence-corrected chi connectivity index (χ2v) is 3.69. The average Bonchev–Trinajstić information content (AvgIpc) is 2.68. The van der Waals surface area contributed by atoms with Crippen LogP contribution in [0.25, 0.3) is 11.5 Å². The first-order valence-corrected chi connectivity index (χ1v) is 4.90. The number of benzene rings is 1. The molecule has 0 saturated heterocycles. The number of hydrogen-bond acceptors (Lipinski definition) is 4. The summed E-state index contributed by atoms with van der Waals surface area (Å²) < 4.78 is 5.07. The normalized spacial score (nSPS) is 12.7. The molecule has 5 heteroatoms. The Morgan fingerprint density at radius 3 is 2.53 bits per heavy atom. The van der Waals surface area contributed by atoms with Crippen LogP contribution >= 0.6 is 11.6 Å². The first-order valence-electron chi connectivity index (χ1n) is 4.52. The van der Waals surface area contributed by atoms with Crippen molar-refractivity contribution in [2.24, 2.45) is 5.73 Å². The number of nitrogens with two attached hydrogens (primary N) is 1. The molecule has 1 atom stereocenters. The summed E-state index contributed by atoms with van der Waals surface area (Å²) in [6, 6.07) is 6.95. The molecule has 2 aromatic rings. The minimum Gasteiger partial charge on any atom is -0.334 e. The van der Waals surface area contributed by atoms with Crippen LogP contribution in [0.2, 0.25) is 5.02 Å². The fraction of sp³-hybridized carbons (Fsp3) is 0.200. The Morgan fingerprint density at radius 1 is 1.33 bits per heavy atom. The molecule has 0 spiro atoms. The number of hydrogen-bond donors (Lipinski definition) is 1. The quantitative estimate of drug-likeness (QED) is 0.849. The summed E-state index contributed by atoms with van der Waals surface area (Å²) in [5.74, 6) is 0.957. The van der Waals surface area contributed by atoms with Crippen molar-refractivity contribution in [2.45, 2.75) is 13.0 Å². The van der Waals surface area contributed by atoms with Gasteiger partial charge in [-0.25, -0.2) is 0 Å². The first-order chi connectivity index (χ1) is 7.16. The third-order valence-corrected chi connectivity index (χ3v) is 2.19. The van der Waals surface area contributed by atoms with Crippen molar-refractivity contribution < 1.29 is 4.52 Å². The number of rotatable bonds is 2. The molecule has 0 amide bonds. The van der Waals surface area contributed by atoms with Crippen LogP contribution < -0.4 is 5.73 Å². The molecule has 0 bridgehead atoms. The summed E-state index contributed by atoms with van der Waals surface area (Å²) in [5, 5.41) is 4.44. The summed E-state index contributed by atoms with van der Waals surface area (Å²) in [6.45, 7) is 1.80. The predicted molar refractivity (Wildman–Crippen MR) is 57.3 cm³/mol. The van der Waals surface area contributed by atoms with E-state index in [0.29, 0.717) is 16.7 Å². The highest BCUT2D eigenvalue weighted by Crippen LogP contribution is 2.20. The average molecular weight is 224 g/mol. The molecule has 15 heavy (non-hydrogen) atoms. The van der Waals surface area contributed by atoms with Gasteiger partial charge in [0.25, 0.3) is 5.89 Å². The van der Waals surface area contributed by atoms with E-state index in [0.717, 1.165) is 5.56 Å². The van der Waals surface area contributed by atoms with E-state index in [1.807, 2.05) is 12.1 Å². The van der Waals surface area contributed by atoms with Gasteiger partial charge < -0.3 is 10.3 Å². The summed E-state index contributed by atoms with van der Waals surface area (Å²) in [5.41, 5.74) is 6.46. The summed E-state index contributed by atoms with van der Waals surface area (Å²) >= 11 is 5.77. The molecule has 2 rings (SSSR count). The standard InChI is InChI=1S/C10H10ClN3O/c1-6(12)9-13-10(15-14-9)7-2-4-8(11)5-3-7/h2-6H,12H2,1H3/t6-/m1/s1. The number of nitrogens with zero attached hydrogens (tertiary/aromatic N) is 2. The lowest BCUT2D eigenvalue weighted by atomic mass is 10.2. The van der Waals surface area contributed by atoms with E-state index in [2.05, 4.69) is 10.1 Å². The molecular formula is C10H10ClN3O. The Balaban J connectivity index is 2.33. The molecule has 2 N–H and O–H groups in total. The molecule has 0 aliphatic heterocycles. The molecular weight excluding hydrogens is 214 g/mol. The third-order valence-electron chi connectivity index (χ3n) is 1.94. The van der Waals surface area contributed by atoms with Gasteiger partial charge in [0, 0.05) is 10.6 Å². The molecule has 78 valence electrons. The second kappa shape index (κ2) is 4.00. The van der Waals surface area contributed by atoms with Crippen LogP contribution in [0.5, 0.6) is 0 Å². The SMILES string of the molecule is C[C@@H](N)c1noc(-c2ccc(Cl)cc2)n1. The monoisotopic (exact) mass is 223 g/mol. The summed E-state index contributed by atoms with van der Waals surface area (Å²) in [6.07, 6.45) is 0. The van der Waals surface area contributed by atoms with Gasteiger partial charge in [0.05, 0.1) is 6.04 Å². The van der Waals surface area contributed by atoms with Crippen molar-refractivity contribution in [2.75, 3.05) is 0 Å². The topological polar surface area (TPSA) is 64.9 Å². The van der Waals surface area contributed by atoms with Crippen molar-refractivity contribution in [1.29, 1.82) is 0 Å². The van der Waals surface area contributed by atoms with E-state index in [9.17, 15) is 0 Å². The van der Waals surface area contributed by atoms with Crippen LogP contribution in [0.3, 0.4) is 0 Å². The smallest absolute Gasteiger partial charge is 0.257 e. The van der Waals surface area contributed by atoms with Gasteiger partial charge in [-0.3, -0.25) is 0 Å². The zero-order valence-electron chi connectivity index (χ0n) is 8.14. The first kappa shape index (κ1) is 10.1. The van der Waals surface area contributed by atoms with Crippen molar-refractivity contribution in [3.63, 3.8) is 0 Å². The van der Waals surface area contributed by atoms with Gasteiger partial charge in [0.1, 0.15) is 0 Å². The summed E-state index contributed by atoms with van der Waals surface area (Å²) in [4.78, 5) is 4.16. The van der Waals surface area contributed by atoms with Gasteiger partial charge in [-0.2, -0.15) is 4.98 Å². The predicted octanol–water partition coefficient (Wildman–Crippen LogP) is 2.41. The van der Waals surface area contributed by atoms with Crippen LogP contribution in [0.4, 0.5) is 0 Å². The molecule has 0 saturated carbocycles. The lowest BCUT2D eigenvalue weighted by Gasteiger charge is -1.94. The molecule has 0 unspecified atom stereocenters. The highest BCUT2D eigenvalue weighted by atomic mass is 35.5. The lowest BCUT2D eigenvalue weighted by molar-refractivity contribution is 0.418. The van der Waals surface area contributed by atoms with Crippen LogP contribution in [-0.2, 0) is 0 Å². The molecule has 0 aliphatic rings. The fourth-order valence-electron chi connectivity index (χ4n) is 1.13.